The van der Waals surface area contributed by atoms with Gasteiger partial charge in [0.25, 0.3) is 5.91 Å². The molecule has 31 heavy (non-hydrogen) atoms. The number of nitrogens with zero attached hydrogens (tertiary/aromatic N) is 3. The Bertz CT molecular complexity index is 1170. The zero-order valence-electron chi connectivity index (χ0n) is 17.0. The van der Waals surface area contributed by atoms with Crippen molar-refractivity contribution >= 4 is 22.4 Å². The first-order valence-corrected chi connectivity index (χ1v) is 10.4. The molecule has 2 aromatic heterocycles. The number of carbonyl (C=O) groups excluding carboxylic acids is 1. The normalized spacial score (nSPS) is 11.5. The second-order valence-electron chi connectivity index (χ2n) is 6.64. The number of nitrogens with one attached hydrogen (secondary N) is 1. The van der Waals surface area contributed by atoms with Crippen LogP contribution in [0.25, 0.3) is 10.6 Å². The Morgan fingerprint density at radius 1 is 1.00 bits per heavy atom. The van der Waals surface area contributed by atoms with Crippen LogP contribution >= 0.6 is 11.3 Å². The zero-order valence-corrected chi connectivity index (χ0v) is 17.8. The van der Waals surface area contributed by atoms with Gasteiger partial charge in [-0.1, -0.05) is 41.7 Å². The first kappa shape index (κ1) is 20.5. The van der Waals surface area contributed by atoms with Crippen LogP contribution in [0.5, 0.6) is 11.5 Å². The summed E-state index contributed by atoms with van der Waals surface area (Å²) < 4.78 is 11.5. The molecule has 4 rings (SSSR count). The van der Waals surface area contributed by atoms with Crippen LogP contribution in [0.4, 0.5) is 5.13 Å². The molecule has 1 atom stereocenters. The maximum absolute atomic E-state index is 12.7. The van der Waals surface area contributed by atoms with Crippen molar-refractivity contribution < 1.29 is 14.3 Å². The summed E-state index contributed by atoms with van der Waals surface area (Å²) >= 11 is 1.29. The molecule has 0 saturated carbocycles. The smallest absolute Gasteiger partial charge is 0.257 e. The lowest BCUT2D eigenvalue weighted by atomic mass is 10.1. The van der Waals surface area contributed by atoms with Gasteiger partial charge in [-0.2, -0.15) is 0 Å². The van der Waals surface area contributed by atoms with Crippen molar-refractivity contribution in [3.63, 3.8) is 0 Å². The molecule has 0 aliphatic heterocycles. The molecule has 0 aliphatic carbocycles. The maximum Gasteiger partial charge on any atom is 0.257 e. The van der Waals surface area contributed by atoms with Gasteiger partial charge in [0.15, 0.2) is 11.5 Å². The van der Waals surface area contributed by atoms with Crippen LogP contribution in [-0.2, 0) is 0 Å². The molecule has 0 spiro atoms. The van der Waals surface area contributed by atoms with E-state index in [4.69, 9.17) is 9.47 Å². The van der Waals surface area contributed by atoms with Crippen molar-refractivity contribution in [1.29, 1.82) is 0 Å². The topological polar surface area (TPSA) is 86.2 Å². The molecule has 4 aromatic rings. The monoisotopic (exact) mass is 432 g/mol. The summed E-state index contributed by atoms with van der Waals surface area (Å²) in [7, 11) is 1.54. The standard InChI is InChI=1S/C23H20N4O3S/c1-15(16-6-4-3-5-7-16)30-19-9-8-18(14-20(19)29-2)21(28)25-23-27-26-22(31-23)17-10-12-24-13-11-17/h3-15H,1-2H3,(H,25,27,28)/t15-/m1/s1. The Labute approximate surface area is 183 Å². The van der Waals surface area contributed by atoms with E-state index < -0.39 is 0 Å². The van der Waals surface area contributed by atoms with E-state index in [1.165, 1.54) is 11.3 Å². The highest BCUT2D eigenvalue weighted by Crippen LogP contribution is 2.32. The first-order chi connectivity index (χ1) is 15.1. The zero-order chi connectivity index (χ0) is 21.6. The highest BCUT2D eigenvalue weighted by Gasteiger charge is 2.16. The van der Waals surface area contributed by atoms with Crippen LogP contribution in [-0.4, -0.2) is 28.2 Å². The van der Waals surface area contributed by atoms with Crippen LogP contribution in [0.3, 0.4) is 0 Å². The van der Waals surface area contributed by atoms with Crippen LogP contribution in [0.1, 0.15) is 28.9 Å². The lowest BCUT2D eigenvalue weighted by molar-refractivity contribution is 0.102. The van der Waals surface area contributed by atoms with Gasteiger partial charge in [0.1, 0.15) is 11.1 Å². The highest BCUT2D eigenvalue weighted by molar-refractivity contribution is 7.18. The van der Waals surface area contributed by atoms with E-state index in [1.54, 1.807) is 37.7 Å². The van der Waals surface area contributed by atoms with Crippen LogP contribution in [0, 0.1) is 0 Å². The lowest BCUT2D eigenvalue weighted by Gasteiger charge is -2.17. The Balaban J connectivity index is 1.47. The van der Waals surface area contributed by atoms with E-state index >= 15 is 0 Å². The fourth-order valence-electron chi connectivity index (χ4n) is 2.94. The van der Waals surface area contributed by atoms with E-state index in [9.17, 15) is 4.79 Å². The highest BCUT2D eigenvalue weighted by atomic mass is 32.1. The van der Waals surface area contributed by atoms with Gasteiger partial charge in [0.2, 0.25) is 5.13 Å². The van der Waals surface area contributed by atoms with Crippen molar-refractivity contribution in [3.05, 3.63) is 84.2 Å². The van der Waals surface area contributed by atoms with Gasteiger partial charge in [0.05, 0.1) is 7.11 Å². The third-order valence-electron chi connectivity index (χ3n) is 4.57. The largest absolute Gasteiger partial charge is 0.493 e. The summed E-state index contributed by atoms with van der Waals surface area (Å²) in [6.45, 7) is 1.96. The molecule has 2 heterocycles. The van der Waals surface area contributed by atoms with Crippen molar-refractivity contribution in [2.45, 2.75) is 13.0 Å². The average Bonchev–Trinajstić information content (AvgIpc) is 3.29. The predicted octanol–water partition coefficient (Wildman–Crippen LogP) is 5.00. The SMILES string of the molecule is COc1cc(C(=O)Nc2nnc(-c3ccncc3)s2)ccc1O[C@H](C)c1ccccc1. The number of carbonyl (C=O) groups is 1. The van der Waals surface area contributed by atoms with Crippen LogP contribution in [0.2, 0.25) is 0 Å². The number of benzene rings is 2. The second kappa shape index (κ2) is 9.36. The Morgan fingerprint density at radius 3 is 2.52 bits per heavy atom. The maximum atomic E-state index is 12.7. The lowest BCUT2D eigenvalue weighted by Crippen LogP contribution is -2.12. The summed E-state index contributed by atoms with van der Waals surface area (Å²) in [4.78, 5) is 16.7. The second-order valence-corrected chi connectivity index (χ2v) is 7.62. The number of ether oxygens (including phenoxy) is 2. The minimum atomic E-state index is -0.307. The van der Waals surface area contributed by atoms with Crippen molar-refractivity contribution in [2.24, 2.45) is 0 Å². The molecular weight excluding hydrogens is 412 g/mol. The molecule has 0 bridgehead atoms. The molecule has 8 heteroatoms. The van der Waals surface area contributed by atoms with Crippen molar-refractivity contribution in [1.82, 2.24) is 15.2 Å². The third-order valence-corrected chi connectivity index (χ3v) is 5.46. The molecular formula is C23H20N4O3S. The molecule has 0 radical (unpaired) electrons. The summed E-state index contributed by atoms with van der Waals surface area (Å²) in [5.74, 6) is 0.731. The molecule has 0 fully saturated rings. The van der Waals surface area contributed by atoms with Crippen LogP contribution < -0.4 is 14.8 Å². The Kier molecular flexibility index (Phi) is 6.18. The Hall–Kier alpha value is -3.78. The van der Waals surface area contributed by atoms with E-state index in [-0.39, 0.29) is 12.0 Å². The number of rotatable bonds is 7. The minimum Gasteiger partial charge on any atom is -0.493 e. The number of pyridine rings is 1. The number of amides is 1. The van der Waals surface area contributed by atoms with E-state index in [0.29, 0.717) is 27.2 Å². The number of anilines is 1. The number of aromatic nitrogens is 3. The molecule has 1 N–H and O–H groups in total. The summed E-state index contributed by atoms with van der Waals surface area (Å²) in [5.41, 5.74) is 2.37. The minimum absolute atomic E-state index is 0.164. The summed E-state index contributed by atoms with van der Waals surface area (Å²) in [6.07, 6.45) is 3.20. The Morgan fingerprint density at radius 2 is 1.77 bits per heavy atom. The van der Waals surface area contributed by atoms with Gasteiger partial charge >= 0.3 is 0 Å². The van der Waals surface area contributed by atoms with Gasteiger partial charge in [-0.25, -0.2) is 0 Å². The van der Waals surface area contributed by atoms with Gasteiger partial charge < -0.3 is 9.47 Å². The fraction of sp³-hybridized carbons (Fsp3) is 0.130. The van der Waals surface area contributed by atoms with Crippen molar-refractivity contribution in [2.75, 3.05) is 12.4 Å². The molecule has 1 amide bonds. The number of methoxy groups -OCH3 is 1. The number of hydrogen-bond donors (Lipinski definition) is 1. The quantitative estimate of drug-likeness (QED) is 0.442. The third kappa shape index (κ3) is 4.87. The van der Waals surface area contributed by atoms with E-state index in [1.807, 2.05) is 49.4 Å². The first-order valence-electron chi connectivity index (χ1n) is 9.59. The summed E-state index contributed by atoms with van der Waals surface area (Å²) in [5, 5.41) is 12.1. The number of hydrogen-bond acceptors (Lipinski definition) is 7. The van der Waals surface area contributed by atoms with Crippen LogP contribution in [0.15, 0.2) is 73.1 Å². The average molecular weight is 433 g/mol. The van der Waals surface area contributed by atoms with E-state index in [2.05, 4.69) is 20.5 Å². The molecule has 2 aromatic carbocycles. The van der Waals surface area contributed by atoms with Crippen molar-refractivity contribution in [3.8, 4) is 22.1 Å². The predicted molar refractivity (Wildman–Crippen MR) is 120 cm³/mol. The summed E-state index contributed by atoms with van der Waals surface area (Å²) in [6, 6.07) is 18.6. The van der Waals surface area contributed by atoms with E-state index in [0.717, 1.165) is 11.1 Å². The van der Waals surface area contributed by atoms with Gasteiger partial charge in [-0.3, -0.25) is 15.1 Å². The molecule has 156 valence electrons. The van der Waals surface area contributed by atoms with Gasteiger partial charge in [0, 0.05) is 23.5 Å². The molecule has 7 nitrogen and oxygen atoms in total. The molecule has 0 aliphatic rings. The fourth-order valence-corrected chi connectivity index (χ4v) is 3.69. The van der Waals surface area contributed by atoms with Gasteiger partial charge in [-0.05, 0) is 42.8 Å². The molecule has 0 saturated heterocycles. The van der Waals surface area contributed by atoms with Gasteiger partial charge in [-0.15, -0.1) is 10.2 Å². The molecule has 0 unspecified atom stereocenters.